The highest BCUT2D eigenvalue weighted by atomic mass is 32.1. The van der Waals surface area contributed by atoms with Gasteiger partial charge in [0.2, 0.25) is 5.69 Å². The maximum Gasteiger partial charge on any atom is 0.216 e. The Balaban J connectivity index is 1.72. The highest BCUT2D eigenvalue weighted by Crippen LogP contribution is 2.44. The van der Waals surface area contributed by atoms with Crippen LogP contribution in [-0.2, 0) is 7.05 Å². The summed E-state index contributed by atoms with van der Waals surface area (Å²) in [7, 11) is 2.03. The summed E-state index contributed by atoms with van der Waals surface area (Å²) in [5.41, 5.74) is 5.21. The molecule has 0 bridgehead atoms. The van der Waals surface area contributed by atoms with E-state index in [-0.39, 0.29) is 5.82 Å². The molecule has 0 fully saturated rings. The summed E-state index contributed by atoms with van der Waals surface area (Å²) in [5, 5.41) is 4.02. The smallest absolute Gasteiger partial charge is 0.216 e. The molecule has 0 amide bonds. The maximum absolute atomic E-state index is 15.1. The Morgan fingerprint density at radius 1 is 0.900 bits per heavy atom. The van der Waals surface area contributed by atoms with Crippen LogP contribution in [0.25, 0.3) is 53.0 Å². The van der Waals surface area contributed by atoms with Crippen LogP contribution in [0, 0.1) is 12.7 Å². The fourth-order valence-electron chi connectivity index (χ4n) is 4.20. The van der Waals surface area contributed by atoms with Crippen molar-refractivity contribution in [2.24, 2.45) is 7.05 Å². The first-order valence-corrected chi connectivity index (χ1v) is 11.4. The van der Waals surface area contributed by atoms with Crippen LogP contribution in [0.3, 0.4) is 0 Å². The van der Waals surface area contributed by atoms with Crippen molar-refractivity contribution in [1.82, 2.24) is 0 Å². The number of hydrogen-bond acceptors (Lipinski definition) is 3. The first-order chi connectivity index (χ1) is 14.6. The lowest BCUT2D eigenvalue weighted by Crippen LogP contribution is -2.30. The normalized spacial score (nSPS) is 11.8. The van der Waals surface area contributed by atoms with Crippen molar-refractivity contribution in [2.45, 2.75) is 6.92 Å². The number of rotatable bonds is 2. The van der Waals surface area contributed by atoms with Crippen LogP contribution in [0.4, 0.5) is 4.39 Å². The third-order valence-corrected chi connectivity index (χ3v) is 7.77. The van der Waals surface area contributed by atoms with E-state index in [1.54, 1.807) is 28.7 Å². The largest absolute Gasteiger partial charge is 0.454 e. The van der Waals surface area contributed by atoms with Crippen molar-refractivity contribution in [3.63, 3.8) is 0 Å². The second-order valence-corrected chi connectivity index (χ2v) is 9.52. The minimum Gasteiger partial charge on any atom is -0.454 e. The molecular weight excluding hydrogens is 413 g/mol. The average molecular weight is 431 g/mol. The number of furan rings is 1. The second-order valence-electron chi connectivity index (χ2n) is 7.49. The van der Waals surface area contributed by atoms with Gasteiger partial charge in [-0.05, 0) is 48.2 Å². The van der Waals surface area contributed by atoms with Crippen LogP contribution in [0.5, 0.6) is 0 Å². The Kier molecular flexibility index (Phi) is 3.85. The summed E-state index contributed by atoms with van der Waals surface area (Å²) < 4.78 is 26.0. The van der Waals surface area contributed by atoms with E-state index in [0.717, 1.165) is 38.1 Å². The summed E-state index contributed by atoms with van der Waals surface area (Å²) in [6.45, 7) is 2.09. The van der Waals surface area contributed by atoms with Gasteiger partial charge in [-0.25, -0.2) is 8.96 Å². The fraction of sp³-hybridized carbons (Fsp3) is 0.0800. The molecule has 0 saturated carbocycles. The first kappa shape index (κ1) is 17.8. The van der Waals surface area contributed by atoms with Crippen molar-refractivity contribution in [2.75, 3.05) is 0 Å². The quantitative estimate of drug-likeness (QED) is 0.260. The molecule has 146 valence electrons. The van der Waals surface area contributed by atoms with Gasteiger partial charge in [0.1, 0.15) is 24.0 Å². The van der Waals surface area contributed by atoms with E-state index in [0.29, 0.717) is 11.1 Å². The lowest BCUT2D eigenvalue weighted by molar-refractivity contribution is -0.660. The van der Waals surface area contributed by atoms with Crippen LogP contribution in [-0.4, -0.2) is 0 Å². The number of pyridine rings is 1. The van der Waals surface area contributed by atoms with Crippen molar-refractivity contribution in [3.8, 4) is 21.7 Å². The minimum absolute atomic E-state index is 0.251. The summed E-state index contributed by atoms with van der Waals surface area (Å²) >= 11 is 3.29. The Bertz CT molecular complexity index is 1560. The zero-order valence-electron chi connectivity index (χ0n) is 16.4. The molecule has 0 unspecified atom stereocenters. The Morgan fingerprint density at radius 2 is 1.70 bits per heavy atom. The van der Waals surface area contributed by atoms with Crippen LogP contribution in [0.2, 0.25) is 0 Å². The predicted molar refractivity (Wildman–Crippen MR) is 124 cm³/mol. The van der Waals surface area contributed by atoms with Gasteiger partial charge < -0.3 is 4.42 Å². The van der Waals surface area contributed by atoms with Gasteiger partial charge in [-0.15, -0.1) is 22.7 Å². The zero-order chi connectivity index (χ0) is 20.4. The SMILES string of the molecule is Cc1ccc2c(oc3c(-c4cc5sccc5s4)c(F)ccc32)c1-c1cccc[n+]1C. The zero-order valence-corrected chi connectivity index (χ0v) is 18.0. The van der Waals surface area contributed by atoms with E-state index in [2.05, 4.69) is 47.2 Å². The van der Waals surface area contributed by atoms with Gasteiger partial charge in [0.05, 0.1) is 11.1 Å². The average Bonchev–Trinajstić information content (AvgIpc) is 3.41. The van der Waals surface area contributed by atoms with Gasteiger partial charge in [-0.1, -0.05) is 12.1 Å². The van der Waals surface area contributed by atoms with Crippen LogP contribution in [0.1, 0.15) is 5.56 Å². The molecular formula is C25H17FNOS2+. The summed E-state index contributed by atoms with van der Waals surface area (Å²) in [6, 6.07) is 17.9. The molecule has 2 aromatic carbocycles. The van der Waals surface area contributed by atoms with Gasteiger partial charge in [0.15, 0.2) is 6.20 Å². The van der Waals surface area contributed by atoms with Gasteiger partial charge in [0.25, 0.3) is 0 Å². The van der Waals surface area contributed by atoms with Crippen molar-refractivity contribution in [3.05, 3.63) is 77.6 Å². The molecule has 5 heteroatoms. The lowest BCUT2D eigenvalue weighted by Gasteiger charge is -2.04. The third kappa shape index (κ3) is 2.49. The molecule has 4 aromatic heterocycles. The molecule has 0 aliphatic heterocycles. The number of fused-ring (bicyclic) bond motifs is 4. The van der Waals surface area contributed by atoms with E-state index in [1.807, 2.05) is 31.4 Å². The predicted octanol–water partition coefficient (Wildman–Crippen LogP) is 7.47. The number of hydrogen-bond donors (Lipinski definition) is 0. The summed E-state index contributed by atoms with van der Waals surface area (Å²) in [6.07, 6.45) is 2.03. The molecule has 30 heavy (non-hydrogen) atoms. The van der Waals surface area contributed by atoms with Gasteiger partial charge in [0, 0.05) is 37.2 Å². The number of nitrogens with zero attached hydrogens (tertiary/aromatic N) is 1. The van der Waals surface area contributed by atoms with Crippen molar-refractivity contribution < 1.29 is 13.4 Å². The van der Waals surface area contributed by atoms with E-state index in [1.165, 1.54) is 9.40 Å². The second kappa shape index (κ2) is 6.49. The standard InChI is InChI=1S/C25H17FNOS2/c1-14-6-7-15-16-8-9-17(26)23(21-13-20-19(30-21)10-12-29-20)25(16)28-24(15)22(14)18-5-3-4-11-27(18)2/h3-13H,1-2H3/q+1. The number of thiophene rings is 2. The number of halogens is 1. The van der Waals surface area contributed by atoms with Crippen LogP contribution >= 0.6 is 22.7 Å². The molecule has 0 saturated heterocycles. The van der Waals surface area contributed by atoms with Gasteiger partial charge in [-0.2, -0.15) is 0 Å². The molecule has 0 spiro atoms. The topological polar surface area (TPSA) is 17.0 Å². The Labute approximate surface area is 180 Å². The van der Waals surface area contributed by atoms with E-state index < -0.39 is 0 Å². The van der Waals surface area contributed by atoms with Gasteiger partial charge in [-0.3, -0.25) is 0 Å². The molecule has 6 aromatic rings. The Hall–Kier alpha value is -3.02. The van der Waals surface area contributed by atoms with Crippen molar-refractivity contribution >= 4 is 54.0 Å². The molecule has 0 radical (unpaired) electrons. The number of aromatic nitrogens is 1. The molecule has 4 heterocycles. The molecule has 6 rings (SSSR count). The summed E-state index contributed by atoms with van der Waals surface area (Å²) in [4.78, 5) is 0.905. The Morgan fingerprint density at radius 3 is 2.50 bits per heavy atom. The molecule has 0 atom stereocenters. The molecule has 0 N–H and O–H groups in total. The fourth-order valence-corrected chi connectivity index (χ4v) is 6.35. The van der Waals surface area contributed by atoms with Crippen LogP contribution in [0.15, 0.2) is 70.6 Å². The lowest BCUT2D eigenvalue weighted by atomic mass is 10.00. The van der Waals surface area contributed by atoms with Crippen LogP contribution < -0.4 is 4.57 Å². The number of aryl methyl sites for hydroxylation is 2. The molecule has 0 aliphatic carbocycles. The van der Waals surface area contributed by atoms with E-state index in [9.17, 15) is 0 Å². The summed E-state index contributed by atoms with van der Waals surface area (Å²) in [5.74, 6) is -0.251. The van der Waals surface area contributed by atoms with E-state index >= 15 is 4.39 Å². The monoisotopic (exact) mass is 430 g/mol. The molecule has 0 aliphatic rings. The van der Waals surface area contributed by atoms with Gasteiger partial charge >= 0.3 is 0 Å². The number of benzene rings is 2. The molecule has 2 nitrogen and oxygen atoms in total. The third-order valence-electron chi connectivity index (χ3n) is 5.66. The minimum atomic E-state index is -0.251. The first-order valence-electron chi connectivity index (χ1n) is 9.68. The van der Waals surface area contributed by atoms with Crippen molar-refractivity contribution in [1.29, 1.82) is 0 Å². The highest BCUT2D eigenvalue weighted by Gasteiger charge is 2.23. The van der Waals surface area contributed by atoms with E-state index in [4.69, 9.17) is 4.42 Å². The maximum atomic E-state index is 15.1. The highest BCUT2D eigenvalue weighted by molar-refractivity contribution is 7.28.